The highest BCUT2D eigenvalue weighted by molar-refractivity contribution is 7.89. The van der Waals surface area contributed by atoms with Crippen LogP contribution in [0.25, 0.3) is 0 Å². The summed E-state index contributed by atoms with van der Waals surface area (Å²) in [6.07, 6.45) is 0.735. The largest absolute Gasteiger partial charge is 0.241 e. The van der Waals surface area contributed by atoms with E-state index in [1.54, 1.807) is 12.1 Å². The number of aryl methyl sites for hydroxylation is 1. The van der Waals surface area contributed by atoms with Gasteiger partial charge in [0, 0.05) is 10.6 Å². The third-order valence-corrected chi connectivity index (χ3v) is 4.94. The fourth-order valence-electron chi connectivity index (χ4n) is 2.53. The summed E-state index contributed by atoms with van der Waals surface area (Å²) in [4.78, 5) is 0.204. The van der Waals surface area contributed by atoms with Crippen LogP contribution in [0.5, 0.6) is 0 Å². The second kappa shape index (κ2) is 5.66. The van der Waals surface area contributed by atoms with Gasteiger partial charge in [0.15, 0.2) is 0 Å². The Kier molecular flexibility index (Phi) is 4.95. The topological polar surface area (TPSA) is 46.2 Å². The smallest absolute Gasteiger partial charge is 0.207 e. The van der Waals surface area contributed by atoms with E-state index in [2.05, 4.69) is 25.5 Å². The van der Waals surface area contributed by atoms with Crippen molar-refractivity contribution in [3.63, 3.8) is 0 Å². The molecule has 20 heavy (non-hydrogen) atoms. The average molecular weight is 318 g/mol. The van der Waals surface area contributed by atoms with E-state index in [9.17, 15) is 8.42 Å². The van der Waals surface area contributed by atoms with Crippen LogP contribution in [0.2, 0.25) is 5.02 Å². The third-order valence-electron chi connectivity index (χ3n) is 2.84. The zero-order chi connectivity index (χ0) is 15.8. The Morgan fingerprint density at radius 1 is 1.15 bits per heavy atom. The first-order chi connectivity index (χ1) is 8.82. The van der Waals surface area contributed by atoms with Crippen molar-refractivity contribution in [3.8, 4) is 0 Å². The molecule has 0 bridgehead atoms. The molecule has 0 unspecified atom stereocenters. The Morgan fingerprint density at radius 2 is 1.70 bits per heavy atom. The second-order valence-corrected chi connectivity index (χ2v) is 9.23. The number of nitrogens with one attached hydrogen (secondary N) is 1. The fraction of sp³-hybridized carbons (Fsp3) is 0.600. The van der Waals surface area contributed by atoms with Gasteiger partial charge in [0.25, 0.3) is 0 Å². The summed E-state index contributed by atoms with van der Waals surface area (Å²) in [6.45, 7) is 11.9. The predicted molar refractivity (Wildman–Crippen MR) is 84.7 cm³/mol. The molecule has 0 amide bonds. The zero-order valence-corrected chi connectivity index (χ0v) is 14.6. The maximum atomic E-state index is 12.4. The lowest BCUT2D eigenvalue weighted by Crippen LogP contribution is -2.45. The average Bonchev–Trinajstić information content (AvgIpc) is 2.16. The minimum absolute atomic E-state index is 0.0386. The molecule has 1 rings (SSSR count). The summed E-state index contributed by atoms with van der Waals surface area (Å²) in [7, 11) is -3.56. The van der Waals surface area contributed by atoms with Crippen LogP contribution in [0.4, 0.5) is 0 Å². The van der Waals surface area contributed by atoms with Crippen molar-refractivity contribution in [2.24, 2.45) is 5.41 Å². The molecule has 0 aliphatic heterocycles. The first-order valence-corrected chi connectivity index (χ1v) is 8.49. The van der Waals surface area contributed by atoms with E-state index in [4.69, 9.17) is 11.6 Å². The SMILES string of the molecule is Cc1ccc(S(=O)(=O)NC(C)(C)CC(C)(C)C)cc1Cl. The van der Waals surface area contributed by atoms with Crippen molar-refractivity contribution in [1.82, 2.24) is 4.72 Å². The van der Waals surface area contributed by atoms with Crippen molar-refractivity contribution in [1.29, 1.82) is 0 Å². The molecule has 0 aliphatic carbocycles. The highest BCUT2D eigenvalue weighted by Gasteiger charge is 2.30. The molecule has 1 aromatic rings. The lowest BCUT2D eigenvalue weighted by Gasteiger charge is -2.33. The molecule has 0 heterocycles. The van der Waals surface area contributed by atoms with Crippen molar-refractivity contribution >= 4 is 21.6 Å². The van der Waals surface area contributed by atoms with Crippen LogP contribution in [-0.2, 0) is 10.0 Å². The van der Waals surface area contributed by atoms with E-state index in [0.29, 0.717) is 5.02 Å². The van der Waals surface area contributed by atoms with Gasteiger partial charge in [-0.15, -0.1) is 0 Å². The maximum Gasteiger partial charge on any atom is 0.241 e. The van der Waals surface area contributed by atoms with Crippen LogP contribution in [0.1, 0.15) is 46.6 Å². The Bertz CT molecular complexity index is 586. The third kappa shape index (κ3) is 5.08. The monoisotopic (exact) mass is 317 g/mol. The highest BCUT2D eigenvalue weighted by Crippen LogP contribution is 2.28. The van der Waals surface area contributed by atoms with Crippen LogP contribution in [0, 0.1) is 12.3 Å². The molecule has 0 saturated carbocycles. The molecule has 114 valence electrons. The quantitative estimate of drug-likeness (QED) is 0.907. The van der Waals surface area contributed by atoms with Gasteiger partial charge in [-0.2, -0.15) is 0 Å². The Balaban J connectivity index is 3.03. The minimum Gasteiger partial charge on any atom is -0.207 e. The summed E-state index contributed by atoms with van der Waals surface area (Å²) in [6, 6.07) is 4.79. The number of benzene rings is 1. The number of sulfonamides is 1. The van der Waals surface area contributed by atoms with Crippen LogP contribution in [0.15, 0.2) is 23.1 Å². The summed E-state index contributed by atoms with van der Waals surface area (Å²) in [5, 5.41) is 0.460. The van der Waals surface area contributed by atoms with E-state index in [1.807, 2.05) is 20.8 Å². The van der Waals surface area contributed by atoms with Crippen molar-refractivity contribution in [3.05, 3.63) is 28.8 Å². The lowest BCUT2D eigenvalue weighted by atomic mass is 9.82. The molecule has 1 aromatic carbocycles. The molecule has 5 heteroatoms. The Labute approximate surface area is 127 Å². The number of halogens is 1. The van der Waals surface area contributed by atoms with Gasteiger partial charge in [-0.3, -0.25) is 0 Å². The van der Waals surface area contributed by atoms with E-state index in [-0.39, 0.29) is 10.3 Å². The Morgan fingerprint density at radius 3 is 2.15 bits per heavy atom. The molecular formula is C15H24ClNO2S. The van der Waals surface area contributed by atoms with Gasteiger partial charge in [-0.25, -0.2) is 13.1 Å². The van der Waals surface area contributed by atoms with E-state index < -0.39 is 15.6 Å². The number of rotatable bonds is 4. The molecule has 0 spiro atoms. The van der Waals surface area contributed by atoms with Crippen molar-refractivity contribution in [2.75, 3.05) is 0 Å². The van der Waals surface area contributed by atoms with Crippen LogP contribution in [-0.4, -0.2) is 14.0 Å². The molecule has 3 nitrogen and oxygen atoms in total. The molecule has 0 aromatic heterocycles. The van der Waals surface area contributed by atoms with Crippen molar-refractivity contribution in [2.45, 2.75) is 58.4 Å². The van der Waals surface area contributed by atoms with Crippen LogP contribution in [0.3, 0.4) is 0 Å². The second-order valence-electron chi connectivity index (χ2n) is 7.14. The normalized spacial score (nSPS) is 13.6. The molecular weight excluding hydrogens is 294 g/mol. The molecule has 0 aliphatic rings. The highest BCUT2D eigenvalue weighted by atomic mass is 35.5. The Hall–Kier alpha value is -0.580. The zero-order valence-electron chi connectivity index (χ0n) is 13.0. The number of hydrogen-bond acceptors (Lipinski definition) is 2. The minimum atomic E-state index is -3.56. The summed E-state index contributed by atoms with van der Waals surface area (Å²) >= 11 is 6.01. The maximum absolute atomic E-state index is 12.4. The standard InChI is InChI=1S/C15H24ClNO2S/c1-11-7-8-12(9-13(11)16)20(18,19)17-15(5,6)10-14(2,3)4/h7-9,17H,10H2,1-6H3. The first kappa shape index (κ1) is 17.5. The van der Waals surface area contributed by atoms with Crippen LogP contribution >= 0.6 is 11.6 Å². The predicted octanol–water partition coefficient (Wildman–Crippen LogP) is 4.14. The van der Waals surface area contributed by atoms with Gasteiger partial charge in [-0.05, 0) is 50.3 Å². The molecule has 1 N–H and O–H groups in total. The molecule has 0 radical (unpaired) electrons. The summed E-state index contributed by atoms with van der Waals surface area (Å²) < 4.78 is 27.6. The summed E-state index contributed by atoms with van der Waals surface area (Å²) in [5.41, 5.74) is 0.380. The van der Waals surface area contributed by atoms with Crippen molar-refractivity contribution < 1.29 is 8.42 Å². The lowest BCUT2D eigenvalue weighted by molar-refractivity contribution is 0.269. The molecule has 0 atom stereocenters. The van der Waals surface area contributed by atoms with Gasteiger partial charge < -0.3 is 0 Å². The molecule has 0 saturated heterocycles. The van der Waals surface area contributed by atoms with Gasteiger partial charge in [-0.1, -0.05) is 38.4 Å². The van der Waals surface area contributed by atoms with Gasteiger partial charge in [0.05, 0.1) is 4.90 Å². The summed E-state index contributed by atoms with van der Waals surface area (Å²) in [5.74, 6) is 0. The van der Waals surface area contributed by atoms with E-state index >= 15 is 0 Å². The van der Waals surface area contributed by atoms with Gasteiger partial charge >= 0.3 is 0 Å². The number of hydrogen-bond donors (Lipinski definition) is 1. The van der Waals surface area contributed by atoms with Crippen LogP contribution < -0.4 is 4.72 Å². The first-order valence-electron chi connectivity index (χ1n) is 6.63. The molecule has 0 fully saturated rings. The van der Waals surface area contributed by atoms with Gasteiger partial charge in [0.1, 0.15) is 0 Å². The van der Waals surface area contributed by atoms with E-state index in [0.717, 1.165) is 12.0 Å². The fourth-order valence-corrected chi connectivity index (χ4v) is 4.21. The van der Waals surface area contributed by atoms with Gasteiger partial charge in [0.2, 0.25) is 10.0 Å². The van der Waals surface area contributed by atoms with E-state index in [1.165, 1.54) is 6.07 Å².